The Morgan fingerprint density at radius 3 is 1.47 bits per heavy atom. The highest BCUT2D eigenvalue weighted by atomic mass is 14.3. The summed E-state index contributed by atoms with van der Waals surface area (Å²) in [6.07, 6.45) is 2.20. The average Bonchev–Trinajstić information content (AvgIpc) is 1.94. The van der Waals surface area contributed by atoms with Crippen molar-refractivity contribution >= 4 is 0 Å². The van der Waals surface area contributed by atoms with E-state index in [0.29, 0.717) is 0 Å². The zero-order chi connectivity index (χ0) is 12.4. The van der Waals surface area contributed by atoms with Crippen LogP contribution in [0.25, 0.3) is 0 Å². The van der Waals surface area contributed by atoms with E-state index in [2.05, 4.69) is 67.7 Å². The summed E-state index contributed by atoms with van der Waals surface area (Å²) in [7, 11) is 0. The number of hydrogen-bond acceptors (Lipinski definition) is 0. The van der Waals surface area contributed by atoms with Crippen molar-refractivity contribution in [2.45, 2.75) is 48.5 Å². The molecule has 0 radical (unpaired) electrons. The summed E-state index contributed by atoms with van der Waals surface area (Å²) in [5.41, 5.74) is 3.86. The van der Waals surface area contributed by atoms with Gasteiger partial charge in [0, 0.05) is 0 Å². The van der Waals surface area contributed by atoms with E-state index in [4.69, 9.17) is 0 Å². The summed E-state index contributed by atoms with van der Waals surface area (Å²) in [6.45, 7) is 23.4. The molecule has 0 saturated carbocycles. The fourth-order valence-electron chi connectivity index (χ4n) is 1.37. The summed E-state index contributed by atoms with van der Waals surface area (Å²) in [5.74, 6) is 0. The maximum atomic E-state index is 4.14. The predicted molar refractivity (Wildman–Crippen MR) is 70.9 cm³/mol. The van der Waals surface area contributed by atoms with Crippen LogP contribution in [-0.4, -0.2) is 0 Å². The summed E-state index contributed by atoms with van der Waals surface area (Å²) >= 11 is 0. The van der Waals surface area contributed by atoms with Gasteiger partial charge in [-0.2, -0.15) is 0 Å². The molecule has 0 aliphatic heterocycles. The van der Waals surface area contributed by atoms with E-state index in [1.165, 1.54) is 5.57 Å². The fourth-order valence-corrected chi connectivity index (χ4v) is 1.37. The molecule has 0 atom stereocenters. The molecule has 15 heavy (non-hydrogen) atoms. The van der Waals surface area contributed by atoms with Gasteiger partial charge in [0.2, 0.25) is 0 Å². The molecule has 0 heteroatoms. The van der Waals surface area contributed by atoms with Crippen molar-refractivity contribution in [1.82, 2.24) is 0 Å². The van der Waals surface area contributed by atoms with Gasteiger partial charge in [0.15, 0.2) is 0 Å². The van der Waals surface area contributed by atoms with Crippen LogP contribution in [0.15, 0.2) is 36.0 Å². The summed E-state index contributed by atoms with van der Waals surface area (Å²) in [6, 6.07) is 0. The van der Waals surface area contributed by atoms with E-state index in [0.717, 1.165) is 11.1 Å². The van der Waals surface area contributed by atoms with Crippen molar-refractivity contribution in [2.75, 3.05) is 0 Å². The minimum absolute atomic E-state index is 0.131. The Morgan fingerprint density at radius 2 is 1.27 bits per heavy atom. The second-order valence-corrected chi connectivity index (χ2v) is 6.36. The maximum absolute atomic E-state index is 4.14. The molecule has 0 saturated heterocycles. The van der Waals surface area contributed by atoms with Gasteiger partial charge in [-0.25, -0.2) is 0 Å². The van der Waals surface area contributed by atoms with Crippen LogP contribution in [0.3, 0.4) is 0 Å². The first-order valence-electron chi connectivity index (χ1n) is 5.53. The minimum atomic E-state index is 0.131. The number of hydrogen-bond donors (Lipinski definition) is 0. The molecule has 0 nitrogen and oxygen atoms in total. The monoisotopic (exact) mass is 206 g/mol. The highest BCUT2D eigenvalue weighted by molar-refractivity contribution is 5.38. The van der Waals surface area contributed by atoms with Crippen LogP contribution >= 0.6 is 0 Å². The van der Waals surface area contributed by atoms with Crippen molar-refractivity contribution < 1.29 is 0 Å². The lowest BCUT2D eigenvalue weighted by atomic mass is 9.78. The lowest BCUT2D eigenvalue weighted by molar-refractivity contribution is 0.495. The molecule has 0 bridgehead atoms. The highest BCUT2D eigenvalue weighted by Gasteiger charge is 2.20. The van der Waals surface area contributed by atoms with E-state index in [1.54, 1.807) is 0 Å². The first kappa shape index (κ1) is 14.2. The van der Waals surface area contributed by atoms with Crippen LogP contribution in [0.2, 0.25) is 0 Å². The van der Waals surface area contributed by atoms with E-state index in [-0.39, 0.29) is 10.8 Å². The third kappa shape index (κ3) is 4.51. The predicted octanol–water partition coefficient (Wildman–Crippen LogP) is 5.14. The van der Waals surface area contributed by atoms with Crippen molar-refractivity contribution in [2.24, 2.45) is 10.8 Å². The van der Waals surface area contributed by atoms with Crippen LogP contribution in [0.5, 0.6) is 0 Å². The standard InChI is InChI=1S/C15H26/c1-11(2)13(15(7,8)9)10-12(3)14(4,5)6/h10H,1,3H2,2,4-9H3/b13-10+. The van der Waals surface area contributed by atoms with Crippen LogP contribution < -0.4 is 0 Å². The molecule has 0 N–H and O–H groups in total. The summed E-state index contributed by atoms with van der Waals surface area (Å²) < 4.78 is 0. The molecular formula is C15H26. The number of rotatable bonds is 2. The Bertz CT molecular complexity index is 287. The van der Waals surface area contributed by atoms with Crippen molar-refractivity contribution in [3.05, 3.63) is 36.0 Å². The zero-order valence-corrected chi connectivity index (χ0v) is 11.5. The van der Waals surface area contributed by atoms with E-state index in [9.17, 15) is 0 Å². The maximum Gasteiger partial charge on any atom is -0.0129 e. The molecule has 0 aromatic heterocycles. The van der Waals surface area contributed by atoms with Gasteiger partial charge in [-0.05, 0) is 28.9 Å². The molecule has 0 amide bonds. The van der Waals surface area contributed by atoms with Gasteiger partial charge in [-0.1, -0.05) is 66.3 Å². The Hall–Kier alpha value is -0.780. The van der Waals surface area contributed by atoms with Gasteiger partial charge in [0.25, 0.3) is 0 Å². The Balaban J connectivity index is 5.22. The molecule has 0 aliphatic rings. The van der Waals surface area contributed by atoms with Crippen molar-refractivity contribution in [3.63, 3.8) is 0 Å². The zero-order valence-electron chi connectivity index (χ0n) is 11.5. The van der Waals surface area contributed by atoms with Gasteiger partial charge in [-0.3, -0.25) is 0 Å². The largest absolute Gasteiger partial charge is 0.0958 e. The SMILES string of the molecule is C=C(C)/C(=C\C(=C)C(C)(C)C)C(C)(C)C. The Labute approximate surface area is 95.8 Å². The molecule has 0 spiro atoms. The first-order chi connectivity index (χ1) is 6.46. The lowest BCUT2D eigenvalue weighted by Gasteiger charge is -2.27. The molecule has 0 unspecified atom stereocenters. The van der Waals surface area contributed by atoms with E-state index < -0.39 is 0 Å². The molecule has 0 heterocycles. The summed E-state index contributed by atoms with van der Waals surface area (Å²) in [5, 5.41) is 0. The third-order valence-corrected chi connectivity index (χ3v) is 2.55. The van der Waals surface area contributed by atoms with E-state index >= 15 is 0 Å². The Morgan fingerprint density at radius 1 is 0.867 bits per heavy atom. The van der Waals surface area contributed by atoms with Crippen LogP contribution in [0.4, 0.5) is 0 Å². The van der Waals surface area contributed by atoms with Gasteiger partial charge in [0.05, 0.1) is 0 Å². The van der Waals surface area contributed by atoms with Crippen LogP contribution in [-0.2, 0) is 0 Å². The van der Waals surface area contributed by atoms with Gasteiger partial charge >= 0.3 is 0 Å². The van der Waals surface area contributed by atoms with Crippen LogP contribution in [0, 0.1) is 10.8 Å². The third-order valence-electron chi connectivity index (χ3n) is 2.55. The van der Waals surface area contributed by atoms with Gasteiger partial charge < -0.3 is 0 Å². The Kier molecular flexibility index (Phi) is 4.16. The molecule has 0 aliphatic carbocycles. The quantitative estimate of drug-likeness (QED) is 0.549. The molecular weight excluding hydrogens is 180 g/mol. The second kappa shape index (κ2) is 4.38. The fraction of sp³-hybridized carbons (Fsp3) is 0.600. The van der Waals surface area contributed by atoms with Crippen molar-refractivity contribution in [3.8, 4) is 0 Å². The minimum Gasteiger partial charge on any atom is -0.0958 e. The molecule has 0 aromatic rings. The molecule has 0 aromatic carbocycles. The van der Waals surface area contributed by atoms with E-state index in [1.807, 2.05) is 0 Å². The van der Waals surface area contributed by atoms with Crippen LogP contribution in [0.1, 0.15) is 48.5 Å². The average molecular weight is 206 g/mol. The van der Waals surface area contributed by atoms with Gasteiger partial charge in [0.1, 0.15) is 0 Å². The molecule has 0 fully saturated rings. The summed E-state index contributed by atoms with van der Waals surface area (Å²) in [4.78, 5) is 0. The molecule has 0 rings (SSSR count). The second-order valence-electron chi connectivity index (χ2n) is 6.36. The smallest absolute Gasteiger partial charge is 0.0129 e. The van der Waals surface area contributed by atoms with Gasteiger partial charge in [-0.15, -0.1) is 0 Å². The molecule has 86 valence electrons. The first-order valence-corrected chi connectivity index (χ1v) is 5.53. The number of allylic oxidation sites excluding steroid dienone is 4. The lowest BCUT2D eigenvalue weighted by Crippen LogP contribution is -2.13. The normalized spacial score (nSPS) is 13.9. The topological polar surface area (TPSA) is 0 Å². The highest BCUT2D eigenvalue weighted by Crippen LogP contribution is 2.34. The van der Waals surface area contributed by atoms with Crippen molar-refractivity contribution in [1.29, 1.82) is 0 Å².